The maximum absolute atomic E-state index is 10.8. The van der Waals surface area contributed by atoms with Gasteiger partial charge in [-0.05, 0) is 18.8 Å². The van der Waals surface area contributed by atoms with Gasteiger partial charge in [-0.15, -0.1) is 0 Å². The lowest BCUT2D eigenvalue weighted by atomic mass is 9.97. The molecule has 1 saturated heterocycles. The molecule has 0 aromatic carbocycles. The Morgan fingerprint density at radius 3 is 2.55 bits per heavy atom. The zero-order chi connectivity index (χ0) is 7.68. The number of hydrogen-bond acceptors (Lipinski definition) is 2. The Balaban J connectivity index is 1.90. The number of hydrazine groups is 1. The summed E-state index contributed by atoms with van der Waals surface area (Å²) in [5, 5.41) is 0. The lowest BCUT2D eigenvalue weighted by molar-refractivity contribution is -0.119. The molecule has 1 unspecified atom stereocenters. The van der Waals surface area contributed by atoms with Crippen LogP contribution in [0.15, 0.2) is 0 Å². The molecule has 0 spiro atoms. The van der Waals surface area contributed by atoms with Crippen LogP contribution in [-0.4, -0.2) is 11.9 Å². The molecule has 1 heterocycles. The monoisotopic (exact) mass is 154 g/mol. The lowest BCUT2D eigenvalue weighted by Crippen LogP contribution is -2.35. The summed E-state index contributed by atoms with van der Waals surface area (Å²) in [6.45, 7) is 0. The van der Waals surface area contributed by atoms with Crippen molar-refractivity contribution in [2.24, 2.45) is 5.92 Å². The first-order chi connectivity index (χ1) is 5.36. The summed E-state index contributed by atoms with van der Waals surface area (Å²) in [6.07, 6.45) is 5.97. The molecular formula is C8H14N2O. The van der Waals surface area contributed by atoms with E-state index >= 15 is 0 Å². The van der Waals surface area contributed by atoms with Crippen LogP contribution in [-0.2, 0) is 4.79 Å². The Labute approximate surface area is 66.5 Å². The molecular weight excluding hydrogens is 140 g/mol. The van der Waals surface area contributed by atoms with Crippen LogP contribution in [0.25, 0.3) is 0 Å². The SMILES string of the molecule is O=C1CC(C2CCCC2)NN1. The highest BCUT2D eigenvalue weighted by Gasteiger charge is 2.30. The van der Waals surface area contributed by atoms with E-state index in [1.807, 2.05) is 0 Å². The van der Waals surface area contributed by atoms with Gasteiger partial charge in [0.2, 0.25) is 5.91 Å². The topological polar surface area (TPSA) is 41.1 Å². The minimum Gasteiger partial charge on any atom is -0.291 e. The van der Waals surface area contributed by atoms with Crippen molar-refractivity contribution in [3.63, 3.8) is 0 Å². The van der Waals surface area contributed by atoms with E-state index in [4.69, 9.17) is 0 Å². The van der Waals surface area contributed by atoms with Crippen molar-refractivity contribution in [3.05, 3.63) is 0 Å². The van der Waals surface area contributed by atoms with Crippen LogP contribution in [0.2, 0.25) is 0 Å². The van der Waals surface area contributed by atoms with Gasteiger partial charge >= 0.3 is 0 Å². The van der Waals surface area contributed by atoms with Crippen molar-refractivity contribution in [1.29, 1.82) is 0 Å². The second-order valence-corrected chi connectivity index (χ2v) is 3.55. The molecule has 1 aliphatic heterocycles. The lowest BCUT2D eigenvalue weighted by Gasteiger charge is -2.15. The molecule has 1 saturated carbocycles. The van der Waals surface area contributed by atoms with Crippen molar-refractivity contribution in [1.82, 2.24) is 10.9 Å². The van der Waals surface area contributed by atoms with E-state index in [9.17, 15) is 4.79 Å². The van der Waals surface area contributed by atoms with Gasteiger partial charge in [0.05, 0.1) is 0 Å². The van der Waals surface area contributed by atoms with Crippen molar-refractivity contribution < 1.29 is 4.79 Å². The molecule has 0 aromatic rings. The van der Waals surface area contributed by atoms with E-state index in [0.717, 1.165) is 5.92 Å². The standard InChI is InChI=1S/C8H14N2O/c11-8-5-7(9-10-8)6-3-1-2-4-6/h6-7,9H,1-5H2,(H,10,11). The van der Waals surface area contributed by atoms with Crippen LogP contribution in [0.3, 0.4) is 0 Å². The van der Waals surface area contributed by atoms with Gasteiger partial charge in [0.1, 0.15) is 0 Å². The molecule has 0 aromatic heterocycles. The van der Waals surface area contributed by atoms with Gasteiger partial charge < -0.3 is 0 Å². The fraction of sp³-hybridized carbons (Fsp3) is 0.875. The van der Waals surface area contributed by atoms with Gasteiger partial charge in [0.25, 0.3) is 0 Å². The smallest absolute Gasteiger partial charge is 0.235 e. The second-order valence-electron chi connectivity index (χ2n) is 3.55. The highest BCUT2D eigenvalue weighted by atomic mass is 16.2. The van der Waals surface area contributed by atoms with Crippen LogP contribution in [0.4, 0.5) is 0 Å². The van der Waals surface area contributed by atoms with E-state index in [1.54, 1.807) is 0 Å². The fourth-order valence-electron chi connectivity index (χ4n) is 2.12. The summed E-state index contributed by atoms with van der Waals surface area (Å²) >= 11 is 0. The third kappa shape index (κ3) is 1.38. The molecule has 1 atom stereocenters. The Morgan fingerprint density at radius 2 is 2.00 bits per heavy atom. The summed E-state index contributed by atoms with van der Waals surface area (Å²) < 4.78 is 0. The third-order valence-electron chi connectivity index (χ3n) is 2.77. The quantitative estimate of drug-likeness (QED) is 0.579. The summed E-state index contributed by atoms with van der Waals surface area (Å²) in [5.74, 6) is 0.899. The number of amides is 1. The molecule has 3 nitrogen and oxygen atoms in total. The summed E-state index contributed by atoms with van der Waals surface area (Å²) in [4.78, 5) is 10.8. The zero-order valence-corrected chi connectivity index (χ0v) is 6.60. The minimum absolute atomic E-state index is 0.155. The van der Waals surface area contributed by atoms with Crippen molar-refractivity contribution in [3.8, 4) is 0 Å². The minimum atomic E-state index is 0.155. The maximum Gasteiger partial charge on any atom is 0.235 e. The molecule has 2 rings (SSSR count). The third-order valence-corrected chi connectivity index (χ3v) is 2.77. The van der Waals surface area contributed by atoms with Gasteiger partial charge in [0.15, 0.2) is 0 Å². The van der Waals surface area contributed by atoms with Crippen molar-refractivity contribution in [2.45, 2.75) is 38.1 Å². The molecule has 2 aliphatic rings. The van der Waals surface area contributed by atoms with Gasteiger partial charge in [0, 0.05) is 12.5 Å². The highest BCUT2D eigenvalue weighted by molar-refractivity contribution is 5.78. The molecule has 1 amide bonds. The van der Waals surface area contributed by atoms with Gasteiger partial charge in [-0.2, -0.15) is 0 Å². The van der Waals surface area contributed by atoms with Crippen molar-refractivity contribution >= 4 is 5.91 Å². The molecule has 62 valence electrons. The Bertz CT molecular complexity index is 163. The van der Waals surface area contributed by atoms with E-state index in [2.05, 4.69) is 10.9 Å². The molecule has 11 heavy (non-hydrogen) atoms. The molecule has 3 heteroatoms. The van der Waals surface area contributed by atoms with Crippen LogP contribution >= 0.6 is 0 Å². The largest absolute Gasteiger partial charge is 0.291 e. The molecule has 0 bridgehead atoms. The van der Waals surface area contributed by atoms with E-state index in [1.165, 1.54) is 25.7 Å². The zero-order valence-electron chi connectivity index (χ0n) is 6.60. The average molecular weight is 154 g/mol. The first kappa shape index (κ1) is 7.10. The van der Waals surface area contributed by atoms with Crippen LogP contribution in [0, 0.1) is 5.92 Å². The van der Waals surface area contributed by atoms with E-state index < -0.39 is 0 Å². The van der Waals surface area contributed by atoms with Crippen LogP contribution in [0.5, 0.6) is 0 Å². The summed E-state index contributed by atoms with van der Waals surface area (Å²) in [5.41, 5.74) is 5.71. The van der Waals surface area contributed by atoms with Gasteiger partial charge in [-0.25, -0.2) is 5.43 Å². The second kappa shape index (κ2) is 2.81. The number of carbonyl (C=O) groups excluding carboxylic acids is 1. The molecule has 2 fully saturated rings. The first-order valence-electron chi connectivity index (χ1n) is 4.40. The number of nitrogens with one attached hydrogen (secondary N) is 2. The molecule has 2 N–H and O–H groups in total. The van der Waals surface area contributed by atoms with E-state index in [-0.39, 0.29) is 5.91 Å². The van der Waals surface area contributed by atoms with Crippen LogP contribution < -0.4 is 10.9 Å². The molecule has 0 radical (unpaired) electrons. The predicted octanol–water partition coefficient (Wildman–Crippen LogP) is 0.570. The average Bonchev–Trinajstić information content (AvgIpc) is 2.55. The highest BCUT2D eigenvalue weighted by Crippen LogP contribution is 2.29. The summed E-state index contributed by atoms with van der Waals surface area (Å²) in [7, 11) is 0. The summed E-state index contributed by atoms with van der Waals surface area (Å²) in [6, 6.07) is 0.421. The number of carbonyl (C=O) groups is 1. The van der Waals surface area contributed by atoms with Gasteiger partial charge in [-0.1, -0.05) is 12.8 Å². The Kier molecular flexibility index (Phi) is 1.82. The van der Waals surface area contributed by atoms with Crippen LogP contribution in [0.1, 0.15) is 32.1 Å². The predicted molar refractivity (Wildman–Crippen MR) is 41.6 cm³/mol. The number of hydrogen-bond donors (Lipinski definition) is 2. The van der Waals surface area contributed by atoms with E-state index in [0.29, 0.717) is 12.5 Å². The van der Waals surface area contributed by atoms with Gasteiger partial charge in [-0.3, -0.25) is 10.2 Å². The fourth-order valence-corrected chi connectivity index (χ4v) is 2.12. The van der Waals surface area contributed by atoms with Crippen molar-refractivity contribution in [2.75, 3.05) is 0 Å². The molecule has 1 aliphatic carbocycles. The number of rotatable bonds is 1. The Hall–Kier alpha value is -0.570. The Morgan fingerprint density at radius 1 is 1.27 bits per heavy atom. The maximum atomic E-state index is 10.8. The first-order valence-corrected chi connectivity index (χ1v) is 4.40. The normalized spacial score (nSPS) is 32.7.